The number of amides is 3. The maximum atomic E-state index is 13.6. The number of benzene rings is 3. The topological polar surface area (TPSA) is 115 Å². The lowest BCUT2D eigenvalue weighted by Crippen LogP contribution is -2.49. The highest BCUT2D eigenvalue weighted by Crippen LogP contribution is 2.51. The maximum Gasteiger partial charge on any atom is 0.445 e. The number of carbonyl (C=O) groups is 3. The van der Waals surface area contributed by atoms with Crippen molar-refractivity contribution in [3.63, 3.8) is 0 Å². The van der Waals surface area contributed by atoms with E-state index in [0.29, 0.717) is 0 Å². The third-order valence-electron chi connectivity index (χ3n) is 9.82. The first kappa shape index (κ1) is 45.4. The van der Waals surface area contributed by atoms with Gasteiger partial charge in [0.2, 0.25) is 0 Å². The Hall–Kier alpha value is -5.61. The molecule has 3 aromatic rings. The van der Waals surface area contributed by atoms with E-state index in [1.807, 2.05) is 0 Å². The Kier molecular flexibility index (Phi) is 11.9. The molecule has 330 valence electrons. The smallest absolute Gasteiger partial charge is 0.415 e. The van der Waals surface area contributed by atoms with Crippen molar-refractivity contribution in [1.29, 1.82) is 0 Å². The van der Waals surface area contributed by atoms with Crippen molar-refractivity contribution in [2.24, 2.45) is 17.8 Å². The van der Waals surface area contributed by atoms with E-state index in [1.54, 1.807) is 0 Å². The zero-order chi connectivity index (χ0) is 45.8. The number of hydrogen-bond acceptors (Lipinski definition) is 6. The first-order valence-electron chi connectivity index (χ1n) is 18.6. The fraction of sp³-hybridized carbons (Fsp3) is 0.357. The predicted octanol–water partition coefficient (Wildman–Crippen LogP) is 12.2. The molecule has 3 atom stereocenters. The van der Waals surface area contributed by atoms with Crippen molar-refractivity contribution in [3.05, 3.63) is 86.4 Å². The average Bonchev–Trinajstić information content (AvgIpc) is 4.03. The van der Waals surface area contributed by atoms with Gasteiger partial charge in [-0.05, 0) is 111 Å². The van der Waals surface area contributed by atoms with Crippen LogP contribution in [0.4, 0.5) is 71.0 Å². The van der Waals surface area contributed by atoms with Gasteiger partial charge in [-0.15, -0.1) is 0 Å². The van der Waals surface area contributed by atoms with Crippen LogP contribution in [0.15, 0.2) is 54.6 Å². The number of alkyl halides is 9. The Morgan fingerprint density at radius 2 is 0.698 bits per heavy atom. The summed E-state index contributed by atoms with van der Waals surface area (Å²) in [6.07, 6.45) is -13.6. The van der Waals surface area contributed by atoms with Crippen LogP contribution >= 0.6 is 34.8 Å². The highest BCUT2D eigenvalue weighted by molar-refractivity contribution is 6.31. The van der Waals surface area contributed by atoms with E-state index in [-0.39, 0.29) is 66.6 Å². The van der Waals surface area contributed by atoms with Crippen LogP contribution in [0.3, 0.4) is 0 Å². The van der Waals surface area contributed by atoms with Crippen LogP contribution < -0.4 is 16.0 Å². The van der Waals surface area contributed by atoms with Gasteiger partial charge in [-0.25, -0.2) is 14.4 Å². The molecular formula is C42H27Cl3F9N3O6. The molecule has 3 N–H and O–H groups in total. The molecule has 21 heteroatoms. The molecule has 3 fully saturated rings. The van der Waals surface area contributed by atoms with Crippen LogP contribution in [-0.4, -0.2) is 36.8 Å². The summed E-state index contributed by atoms with van der Waals surface area (Å²) in [5, 5.41) is 7.01. The Bertz CT molecular complexity index is 2300. The molecular weight excluding hydrogens is 920 g/mol. The van der Waals surface area contributed by atoms with Crippen molar-refractivity contribution < 1.29 is 68.1 Å². The van der Waals surface area contributed by atoms with E-state index in [4.69, 9.17) is 34.8 Å². The molecule has 0 aromatic heterocycles. The first-order valence-corrected chi connectivity index (χ1v) is 19.8. The van der Waals surface area contributed by atoms with Crippen LogP contribution in [0, 0.1) is 53.3 Å². The SMILES string of the molecule is O=C1Nc2ccc(Cl)cc2[C@@](C#CC2CC2)(C(F)(F)F)O1.O=C1Nc2ccc(Cl)cc2[C@@](C#CC2CC2)(C(F)(F)F)O1.O=C1Nc2ccc(Cl)cc2[C@@](C#CC2CC2)(C(F)(F)F)O1. The van der Waals surface area contributed by atoms with Crippen LogP contribution in [0.25, 0.3) is 0 Å². The normalized spacial score (nSPS) is 24.3. The summed E-state index contributed by atoms with van der Waals surface area (Å²) in [7, 11) is 0. The lowest BCUT2D eigenvalue weighted by Gasteiger charge is -2.35. The van der Waals surface area contributed by atoms with Gasteiger partial charge in [0.25, 0.3) is 16.8 Å². The number of carbonyl (C=O) groups excluding carboxylic acids is 3. The predicted molar refractivity (Wildman–Crippen MR) is 209 cm³/mol. The number of hydrogen-bond donors (Lipinski definition) is 3. The van der Waals surface area contributed by atoms with Gasteiger partial charge < -0.3 is 14.2 Å². The van der Waals surface area contributed by atoms with Gasteiger partial charge in [0.15, 0.2) is 0 Å². The second-order valence-corrected chi connectivity index (χ2v) is 16.1. The number of halogens is 12. The third-order valence-corrected chi connectivity index (χ3v) is 10.5. The highest BCUT2D eigenvalue weighted by Gasteiger charge is 2.64. The lowest BCUT2D eigenvalue weighted by molar-refractivity contribution is -0.239. The summed E-state index contributed by atoms with van der Waals surface area (Å²) in [4.78, 5) is 34.5. The molecule has 3 aliphatic carbocycles. The van der Waals surface area contributed by atoms with E-state index in [2.05, 4.69) is 65.7 Å². The fourth-order valence-electron chi connectivity index (χ4n) is 6.16. The van der Waals surface area contributed by atoms with Gasteiger partial charge in [-0.2, -0.15) is 39.5 Å². The van der Waals surface area contributed by atoms with Gasteiger partial charge in [0.1, 0.15) is 0 Å². The maximum absolute atomic E-state index is 13.6. The number of fused-ring (bicyclic) bond motifs is 3. The largest absolute Gasteiger partial charge is 0.445 e. The minimum Gasteiger partial charge on any atom is -0.415 e. The molecule has 3 aliphatic heterocycles. The molecule has 0 spiro atoms. The summed E-state index contributed by atoms with van der Waals surface area (Å²) in [5.74, 6) is 13.8. The quantitative estimate of drug-likeness (QED) is 0.117. The van der Waals surface area contributed by atoms with E-state index in [0.717, 1.165) is 56.7 Å². The van der Waals surface area contributed by atoms with Crippen LogP contribution in [0.2, 0.25) is 15.1 Å². The molecule has 9 nitrogen and oxygen atoms in total. The minimum atomic E-state index is -4.87. The molecule has 0 bridgehead atoms. The van der Waals surface area contributed by atoms with Crippen LogP contribution in [-0.2, 0) is 31.0 Å². The number of rotatable bonds is 0. The number of nitrogens with one attached hydrogen (secondary N) is 3. The molecule has 6 aliphatic rings. The molecule has 0 saturated heterocycles. The third kappa shape index (κ3) is 9.52. The summed E-state index contributed by atoms with van der Waals surface area (Å²) >= 11 is 17.3. The van der Waals surface area contributed by atoms with Gasteiger partial charge in [0.05, 0.1) is 17.1 Å². The second-order valence-electron chi connectivity index (χ2n) is 14.8. The zero-order valence-corrected chi connectivity index (χ0v) is 33.9. The lowest BCUT2D eigenvalue weighted by atomic mass is 9.90. The van der Waals surface area contributed by atoms with Crippen molar-refractivity contribution in [2.45, 2.75) is 73.9 Å². The monoisotopic (exact) mass is 945 g/mol. The van der Waals surface area contributed by atoms with Gasteiger partial charge in [0, 0.05) is 49.5 Å². The van der Waals surface area contributed by atoms with Crippen molar-refractivity contribution in [2.75, 3.05) is 16.0 Å². The van der Waals surface area contributed by atoms with Gasteiger partial charge in [-0.1, -0.05) is 52.6 Å². The van der Waals surface area contributed by atoms with E-state index in [1.165, 1.54) is 36.4 Å². The molecule has 3 aromatic carbocycles. The Labute approximate surface area is 366 Å². The molecule has 3 amide bonds. The Morgan fingerprint density at radius 3 is 0.905 bits per heavy atom. The standard InChI is InChI=1S/3C14H9ClF3NO2/c3*15-9-3-4-11-10(7-9)13(14(16,17)18,21-12(20)19-11)6-5-8-1-2-8/h3*3-4,7-8H,1-2H2,(H,19,20)/t3*13-/m000/s1. The summed E-state index contributed by atoms with van der Waals surface area (Å²) in [6, 6.07) is 11.4. The summed E-state index contributed by atoms with van der Waals surface area (Å²) in [5.41, 5.74) is -9.82. The van der Waals surface area contributed by atoms with E-state index >= 15 is 0 Å². The summed E-state index contributed by atoms with van der Waals surface area (Å²) < 4.78 is 136. The van der Waals surface area contributed by atoms with Crippen LogP contribution in [0.5, 0.6) is 0 Å². The Morgan fingerprint density at radius 1 is 0.460 bits per heavy atom. The van der Waals surface area contributed by atoms with Gasteiger partial charge in [-0.3, -0.25) is 16.0 Å². The molecule has 9 rings (SSSR count). The number of anilines is 3. The number of cyclic esters (lactones) is 3. The molecule has 63 heavy (non-hydrogen) atoms. The Balaban J connectivity index is 0.000000142. The van der Waals surface area contributed by atoms with Crippen molar-refractivity contribution in [3.8, 4) is 35.5 Å². The molecule has 0 unspecified atom stereocenters. The van der Waals surface area contributed by atoms with E-state index < -0.39 is 53.6 Å². The zero-order valence-electron chi connectivity index (χ0n) is 31.7. The number of ether oxygens (including phenoxy) is 3. The van der Waals surface area contributed by atoms with E-state index in [9.17, 15) is 53.9 Å². The summed E-state index contributed by atoms with van der Waals surface area (Å²) in [6.45, 7) is 0. The average molecular weight is 947 g/mol. The molecule has 3 saturated carbocycles. The van der Waals surface area contributed by atoms with Crippen LogP contribution in [0.1, 0.15) is 55.2 Å². The fourth-order valence-corrected chi connectivity index (χ4v) is 6.67. The first-order chi connectivity index (χ1) is 29.4. The molecule has 3 heterocycles. The van der Waals surface area contributed by atoms with Crippen molar-refractivity contribution >= 4 is 70.1 Å². The molecule has 0 radical (unpaired) electrons. The second kappa shape index (κ2) is 16.5. The van der Waals surface area contributed by atoms with Crippen molar-refractivity contribution in [1.82, 2.24) is 0 Å². The minimum absolute atomic E-state index is 0.00179. The van der Waals surface area contributed by atoms with Gasteiger partial charge >= 0.3 is 36.8 Å². The highest BCUT2D eigenvalue weighted by atomic mass is 35.5.